The summed E-state index contributed by atoms with van der Waals surface area (Å²) in [6.45, 7) is 4.26. The Labute approximate surface area is 101 Å². The number of likely N-dealkylation sites (N-methyl/N-ethyl adjacent to an activating group) is 1. The quantitative estimate of drug-likeness (QED) is 0.538. The molecule has 0 saturated heterocycles. The van der Waals surface area contributed by atoms with Crippen molar-refractivity contribution >= 4 is 5.78 Å². The van der Waals surface area contributed by atoms with Crippen molar-refractivity contribution in [1.82, 2.24) is 4.90 Å². The molecule has 0 aliphatic rings. The molecule has 3 nitrogen and oxygen atoms in total. The summed E-state index contributed by atoms with van der Waals surface area (Å²) in [6.07, 6.45) is 0. The van der Waals surface area contributed by atoms with E-state index in [2.05, 4.69) is 0 Å². The molecule has 0 atom stereocenters. The maximum absolute atomic E-state index is 12.7. The standard InChI is InChI=1S/C13H18FNO2/c1-3-17-9-8-15(2)10-13(16)11-4-6-12(14)7-5-11/h4-7H,3,8-10H2,1-2H3. The number of halogens is 1. The van der Waals surface area contributed by atoms with Gasteiger partial charge in [-0.25, -0.2) is 4.39 Å². The number of nitrogens with zero attached hydrogens (tertiary/aromatic N) is 1. The molecule has 0 aromatic heterocycles. The van der Waals surface area contributed by atoms with Crippen LogP contribution in [0.3, 0.4) is 0 Å². The first-order valence-electron chi connectivity index (χ1n) is 5.68. The molecule has 1 aromatic carbocycles. The van der Waals surface area contributed by atoms with Gasteiger partial charge in [-0.3, -0.25) is 9.69 Å². The Hall–Kier alpha value is -1.26. The Kier molecular flexibility index (Phi) is 5.80. The zero-order valence-corrected chi connectivity index (χ0v) is 10.3. The van der Waals surface area contributed by atoms with E-state index in [1.54, 1.807) is 0 Å². The van der Waals surface area contributed by atoms with Crippen LogP contribution < -0.4 is 0 Å². The van der Waals surface area contributed by atoms with Crippen LogP contribution in [0.5, 0.6) is 0 Å². The molecule has 4 heteroatoms. The Morgan fingerprint density at radius 2 is 2.00 bits per heavy atom. The van der Waals surface area contributed by atoms with Crippen LogP contribution in [0.4, 0.5) is 4.39 Å². The second kappa shape index (κ2) is 7.14. The number of hydrogen-bond donors (Lipinski definition) is 0. The summed E-state index contributed by atoms with van der Waals surface area (Å²) >= 11 is 0. The predicted molar refractivity (Wildman–Crippen MR) is 64.7 cm³/mol. The van der Waals surface area contributed by atoms with Gasteiger partial charge in [0.2, 0.25) is 0 Å². The molecular formula is C13H18FNO2. The summed E-state index contributed by atoms with van der Waals surface area (Å²) in [5, 5.41) is 0. The van der Waals surface area contributed by atoms with Crippen molar-refractivity contribution in [3.63, 3.8) is 0 Å². The molecule has 0 fully saturated rings. The average molecular weight is 239 g/mol. The van der Waals surface area contributed by atoms with Crippen molar-refractivity contribution in [1.29, 1.82) is 0 Å². The van der Waals surface area contributed by atoms with Crippen LogP contribution in [0, 0.1) is 5.82 Å². The van der Waals surface area contributed by atoms with E-state index in [-0.39, 0.29) is 11.6 Å². The van der Waals surface area contributed by atoms with Gasteiger partial charge in [0, 0.05) is 18.7 Å². The van der Waals surface area contributed by atoms with E-state index in [0.717, 1.165) is 0 Å². The Morgan fingerprint density at radius 3 is 2.59 bits per heavy atom. The van der Waals surface area contributed by atoms with E-state index in [1.165, 1.54) is 24.3 Å². The number of carbonyl (C=O) groups is 1. The first-order chi connectivity index (χ1) is 8.13. The molecule has 0 radical (unpaired) electrons. The number of carbonyl (C=O) groups excluding carboxylic acids is 1. The maximum atomic E-state index is 12.7. The van der Waals surface area contributed by atoms with Gasteiger partial charge in [0.25, 0.3) is 0 Å². The van der Waals surface area contributed by atoms with Crippen molar-refractivity contribution in [3.8, 4) is 0 Å². The normalized spacial score (nSPS) is 10.8. The zero-order chi connectivity index (χ0) is 12.7. The first kappa shape index (κ1) is 13.8. The Bertz CT molecular complexity index is 351. The van der Waals surface area contributed by atoms with Crippen molar-refractivity contribution in [3.05, 3.63) is 35.6 Å². The molecule has 0 unspecified atom stereocenters. The lowest BCUT2D eigenvalue weighted by Gasteiger charge is -2.15. The third-order valence-corrected chi connectivity index (χ3v) is 2.40. The highest BCUT2D eigenvalue weighted by molar-refractivity contribution is 5.97. The highest BCUT2D eigenvalue weighted by Gasteiger charge is 2.09. The SMILES string of the molecule is CCOCCN(C)CC(=O)c1ccc(F)cc1. The van der Waals surface area contributed by atoms with Crippen LogP contribution in [-0.4, -0.2) is 44.0 Å². The highest BCUT2D eigenvalue weighted by Crippen LogP contribution is 2.04. The molecule has 0 saturated carbocycles. The number of ketones is 1. The molecule has 17 heavy (non-hydrogen) atoms. The molecule has 0 heterocycles. The average Bonchev–Trinajstić information content (AvgIpc) is 2.30. The van der Waals surface area contributed by atoms with Crippen molar-refractivity contribution in [2.24, 2.45) is 0 Å². The zero-order valence-electron chi connectivity index (χ0n) is 10.3. The fraction of sp³-hybridized carbons (Fsp3) is 0.462. The molecule has 1 aromatic rings. The van der Waals surface area contributed by atoms with Crippen LogP contribution in [0.2, 0.25) is 0 Å². The van der Waals surface area contributed by atoms with Gasteiger partial charge >= 0.3 is 0 Å². The third kappa shape index (κ3) is 5.06. The largest absolute Gasteiger partial charge is 0.380 e. The van der Waals surface area contributed by atoms with Crippen molar-refractivity contribution in [2.45, 2.75) is 6.92 Å². The minimum Gasteiger partial charge on any atom is -0.380 e. The van der Waals surface area contributed by atoms with Gasteiger partial charge in [0.05, 0.1) is 13.2 Å². The molecular weight excluding hydrogens is 221 g/mol. The summed E-state index contributed by atoms with van der Waals surface area (Å²) in [5.74, 6) is -0.338. The van der Waals surface area contributed by atoms with Gasteiger partial charge in [0.1, 0.15) is 5.82 Å². The molecule has 0 aliphatic carbocycles. The van der Waals surface area contributed by atoms with Gasteiger partial charge in [-0.1, -0.05) is 0 Å². The number of benzene rings is 1. The maximum Gasteiger partial charge on any atom is 0.176 e. The number of ether oxygens (including phenoxy) is 1. The van der Waals surface area contributed by atoms with Gasteiger partial charge in [-0.2, -0.15) is 0 Å². The third-order valence-electron chi connectivity index (χ3n) is 2.40. The van der Waals surface area contributed by atoms with Crippen LogP contribution >= 0.6 is 0 Å². The van der Waals surface area contributed by atoms with Gasteiger partial charge in [0.15, 0.2) is 5.78 Å². The molecule has 0 spiro atoms. The fourth-order valence-corrected chi connectivity index (χ4v) is 1.42. The first-order valence-corrected chi connectivity index (χ1v) is 5.68. The topological polar surface area (TPSA) is 29.5 Å². The smallest absolute Gasteiger partial charge is 0.176 e. The second-order valence-corrected chi connectivity index (χ2v) is 3.86. The number of rotatable bonds is 7. The van der Waals surface area contributed by atoms with E-state index >= 15 is 0 Å². The van der Waals surface area contributed by atoms with Crippen molar-refractivity contribution in [2.75, 3.05) is 33.4 Å². The number of hydrogen-bond acceptors (Lipinski definition) is 3. The lowest BCUT2D eigenvalue weighted by atomic mass is 10.1. The van der Waals surface area contributed by atoms with Gasteiger partial charge in [-0.15, -0.1) is 0 Å². The highest BCUT2D eigenvalue weighted by atomic mass is 19.1. The van der Waals surface area contributed by atoms with E-state index < -0.39 is 0 Å². The molecule has 0 aliphatic heterocycles. The minimum atomic E-state index is -0.328. The summed E-state index contributed by atoms with van der Waals surface area (Å²) in [7, 11) is 1.86. The lowest BCUT2D eigenvalue weighted by molar-refractivity contribution is 0.0896. The Morgan fingerprint density at radius 1 is 1.35 bits per heavy atom. The monoisotopic (exact) mass is 239 g/mol. The second-order valence-electron chi connectivity index (χ2n) is 3.86. The molecule has 1 rings (SSSR count). The van der Waals surface area contributed by atoms with Crippen LogP contribution in [0.15, 0.2) is 24.3 Å². The van der Waals surface area contributed by atoms with Gasteiger partial charge < -0.3 is 4.74 Å². The molecule has 0 bridgehead atoms. The van der Waals surface area contributed by atoms with E-state index in [4.69, 9.17) is 4.74 Å². The van der Waals surface area contributed by atoms with Gasteiger partial charge in [-0.05, 0) is 38.2 Å². The number of Topliss-reactive ketones (excluding diaryl/α,β-unsaturated/α-hetero) is 1. The Balaban J connectivity index is 2.40. The van der Waals surface area contributed by atoms with E-state index in [0.29, 0.717) is 31.9 Å². The summed E-state index contributed by atoms with van der Waals surface area (Å²) < 4.78 is 17.9. The minimum absolute atomic E-state index is 0.0102. The molecule has 0 amide bonds. The summed E-state index contributed by atoms with van der Waals surface area (Å²) in [5.41, 5.74) is 0.537. The molecule has 0 N–H and O–H groups in total. The predicted octanol–water partition coefficient (Wildman–Crippen LogP) is 1.98. The summed E-state index contributed by atoms with van der Waals surface area (Å²) in [4.78, 5) is 13.7. The summed E-state index contributed by atoms with van der Waals surface area (Å²) in [6, 6.07) is 5.61. The van der Waals surface area contributed by atoms with Crippen LogP contribution in [-0.2, 0) is 4.74 Å². The molecule has 94 valence electrons. The fourth-order valence-electron chi connectivity index (χ4n) is 1.42. The lowest BCUT2D eigenvalue weighted by Crippen LogP contribution is -2.29. The van der Waals surface area contributed by atoms with Crippen LogP contribution in [0.1, 0.15) is 17.3 Å². The van der Waals surface area contributed by atoms with E-state index in [9.17, 15) is 9.18 Å². The van der Waals surface area contributed by atoms with Crippen molar-refractivity contribution < 1.29 is 13.9 Å². The van der Waals surface area contributed by atoms with E-state index in [1.807, 2.05) is 18.9 Å². The van der Waals surface area contributed by atoms with Crippen LogP contribution in [0.25, 0.3) is 0 Å².